The number of carbonyl (C=O) groups excluding carboxylic acids is 1. The van der Waals surface area contributed by atoms with Gasteiger partial charge in [0.15, 0.2) is 9.84 Å². The lowest BCUT2D eigenvalue weighted by atomic mass is 10.0. The maximum absolute atomic E-state index is 12.5. The summed E-state index contributed by atoms with van der Waals surface area (Å²) in [5, 5.41) is 2.58. The lowest BCUT2D eigenvalue weighted by Crippen LogP contribution is -2.56. The predicted molar refractivity (Wildman–Crippen MR) is 99.4 cm³/mol. The largest absolute Gasteiger partial charge is 0.348 e. The van der Waals surface area contributed by atoms with E-state index in [0.717, 1.165) is 9.13 Å². The Morgan fingerprint density at radius 2 is 1.56 bits per heavy atom. The third-order valence-corrected chi connectivity index (χ3v) is 6.16. The number of nitrogens with one attached hydrogen (secondary N) is 1. The van der Waals surface area contributed by atoms with Crippen molar-refractivity contribution in [2.45, 2.75) is 38.5 Å². The molecule has 1 atom stereocenters. The van der Waals surface area contributed by atoms with E-state index in [1.54, 1.807) is 6.92 Å². The van der Waals surface area contributed by atoms with Gasteiger partial charge in [0.2, 0.25) is 5.91 Å². The number of carbonyl (C=O) groups is 1. The van der Waals surface area contributed by atoms with Crippen LogP contribution in [-0.4, -0.2) is 45.1 Å². The molecule has 2 rings (SSSR count). The summed E-state index contributed by atoms with van der Waals surface area (Å²) in [6.45, 7) is 7.62. The number of nitrogens with zero attached hydrogens (tertiary/aromatic N) is 3. The van der Waals surface area contributed by atoms with Crippen LogP contribution in [0, 0.1) is 0 Å². The topological polar surface area (TPSA) is 129 Å². The average Bonchev–Trinajstić information content (AvgIpc) is 2.85. The van der Waals surface area contributed by atoms with Crippen LogP contribution in [0.1, 0.15) is 13.3 Å². The Hall–Kier alpha value is -2.69. The Morgan fingerprint density at radius 1 is 1.07 bits per heavy atom. The molecular weight excluding hydrogens is 376 g/mol. The zero-order chi connectivity index (χ0) is 20.4. The Kier molecular flexibility index (Phi) is 5.73. The van der Waals surface area contributed by atoms with Crippen molar-refractivity contribution in [2.24, 2.45) is 0 Å². The Bertz CT molecular complexity index is 1010. The van der Waals surface area contributed by atoms with Gasteiger partial charge in [0.05, 0.1) is 30.1 Å². The molecule has 1 fully saturated rings. The summed E-state index contributed by atoms with van der Waals surface area (Å²) < 4.78 is 25.5. The second-order valence-electron chi connectivity index (χ2n) is 6.68. The van der Waals surface area contributed by atoms with E-state index in [2.05, 4.69) is 18.5 Å². The first-order chi connectivity index (χ1) is 12.5. The van der Waals surface area contributed by atoms with Gasteiger partial charge in [-0.25, -0.2) is 36.5 Å². The molecule has 1 saturated heterocycles. The van der Waals surface area contributed by atoms with E-state index < -0.39 is 44.9 Å². The van der Waals surface area contributed by atoms with Crippen molar-refractivity contribution in [1.29, 1.82) is 0 Å². The molecule has 0 aromatic carbocycles. The van der Waals surface area contributed by atoms with Crippen LogP contribution in [0.2, 0.25) is 0 Å². The number of amides is 1. The maximum Gasteiger partial charge on any atom is 0.337 e. The molecule has 27 heavy (non-hydrogen) atoms. The molecule has 11 heteroatoms. The number of rotatable bonds is 7. The minimum atomic E-state index is -3.24. The minimum Gasteiger partial charge on any atom is -0.348 e. The maximum atomic E-state index is 12.5. The third kappa shape index (κ3) is 4.35. The van der Waals surface area contributed by atoms with Crippen LogP contribution in [0.3, 0.4) is 0 Å². The molecule has 148 valence electrons. The lowest BCUT2D eigenvalue weighted by molar-refractivity contribution is -0.123. The monoisotopic (exact) mass is 398 g/mol. The van der Waals surface area contributed by atoms with Crippen LogP contribution >= 0.6 is 0 Å². The van der Waals surface area contributed by atoms with Gasteiger partial charge in [-0.05, 0) is 13.3 Å². The summed E-state index contributed by atoms with van der Waals surface area (Å²) >= 11 is 0. The van der Waals surface area contributed by atoms with E-state index in [-0.39, 0.29) is 31.0 Å². The summed E-state index contributed by atoms with van der Waals surface area (Å²) in [7, 11) is -3.24. The van der Waals surface area contributed by atoms with Crippen LogP contribution in [-0.2, 0) is 34.3 Å². The van der Waals surface area contributed by atoms with E-state index in [0.29, 0.717) is 4.57 Å². The molecule has 1 aliphatic heterocycles. The Labute approximate surface area is 155 Å². The highest BCUT2D eigenvalue weighted by Gasteiger charge is 2.39. The Morgan fingerprint density at radius 3 is 1.96 bits per heavy atom. The molecule has 1 aromatic heterocycles. The summed E-state index contributed by atoms with van der Waals surface area (Å²) in [6.07, 6.45) is 2.88. The number of allylic oxidation sites excluding steroid dienone is 2. The van der Waals surface area contributed by atoms with Gasteiger partial charge in [-0.15, -0.1) is 13.2 Å². The zero-order valence-corrected chi connectivity index (χ0v) is 15.8. The fraction of sp³-hybridized carbons (Fsp3) is 0.500. The van der Waals surface area contributed by atoms with Crippen LogP contribution in [0.15, 0.2) is 39.7 Å². The highest BCUT2D eigenvalue weighted by Crippen LogP contribution is 2.22. The van der Waals surface area contributed by atoms with Crippen molar-refractivity contribution in [1.82, 2.24) is 19.0 Å². The van der Waals surface area contributed by atoms with Crippen LogP contribution in [0.5, 0.6) is 0 Å². The molecule has 0 bridgehead atoms. The average molecular weight is 398 g/mol. The van der Waals surface area contributed by atoms with E-state index in [1.807, 2.05) is 0 Å². The van der Waals surface area contributed by atoms with Gasteiger partial charge in [-0.3, -0.25) is 4.79 Å². The lowest BCUT2D eigenvalue weighted by Gasteiger charge is -2.24. The van der Waals surface area contributed by atoms with Gasteiger partial charge in [0, 0.05) is 0 Å². The summed E-state index contributed by atoms with van der Waals surface area (Å²) in [4.78, 5) is 49.6. The van der Waals surface area contributed by atoms with Crippen LogP contribution in [0.25, 0.3) is 0 Å². The second-order valence-corrected chi connectivity index (χ2v) is 8.87. The van der Waals surface area contributed by atoms with Gasteiger partial charge >= 0.3 is 17.1 Å². The second kappa shape index (κ2) is 7.51. The number of sulfone groups is 1. The third-order valence-electron chi connectivity index (χ3n) is 4.26. The molecule has 0 aliphatic carbocycles. The first-order valence-electron chi connectivity index (χ1n) is 8.21. The number of hydrogen-bond donors (Lipinski definition) is 1. The molecule has 1 aromatic rings. The van der Waals surface area contributed by atoms with Crippen molar-refractivity contribution in [3.05, 3.63) is 56.8 Å². The minimum absolute atomic E-state index is 0.0416. The molecule has 1 amide bonds. The number of aromatic nitrogens is 3. The molecule has 0 saturated carbocycles. The molecule has 1 aliphatic rings. The predicted octanol–water partition coefficient (Wildman–Crippen LogP) is -1.76. The van der Waals surface area contributed by atoms with Gasteiger partial charge in [0.25, 0.3) is 0 Å². The van der Waals surface area contributed by atoms with Gasteiger partial charge < -0.3 is 5.32 Å². The van der Waals surface area contributed by atoms with Crippen molar-refractivity contribution in [3.63, 3.8) is 0 Å². The summed E-state index contributed by atoms with van der Waals surface area (Å²) in [5.74, 6) is -0.944. The molecule has 1 N–H and O–H groups in total. The highest BCUT2D eigenvalue weighted by atomic mass is 32.2. The quantitative estimate of drug-likeness (QED) is 0.542. The summed E-state index contributed by atoms with van der Waals surface area (Å²) in [5.41, 5.74) is -3.67. The van der Waals surface area contributed by atoms with Crippen LogP contribution < -0.4 is 22.4 Å². The first-order valence-corrected chi connectivity index (χ1v) is 10.0. The molecule has 2 heterocycles. The standard InChI is InChI=1S/C16H22N4O6S/c1-4-7-18-13(22)19(8-5-2)15(24)20(14(18)23)10-12(21)17-16(3)6-9-27(25,26)11-16/h4-5H,1-2,6-11H2,3H3,(H,17,21)/t16-/m1/s1. The van der Waals surface area contributed by atoms with E-state index in [1.165, 1.54) is 12.2 Å². The molecule has 0 spiro atoms. The van der Waals surface area contributed by atoms with Crippen molar-refractivity contribution < 1.29 is 13.2 Å². The zero-order valence-electron chi connectivity index (χ0n) is 15.0. The molecule has 10 nitrogen and oxygen atoms in total. The van der Waals surface area contributed by atoms with Gasteiger partial charge in [-0.2, -0.15) is 0 Å². The normalized spacial score (nSPS) is 20.9. The van der Waals surface area contributed by atoms with Crippen molar-refractivity contribution >= 4 is 15.7 Å². The SMILES string of the molecule is C=CCn1c(=O)n(CC=C)c(=O)n(CC(=O)N[C@]2(C)CCS(=O)(=O)C2)c1=O. The van der Waals surface area contributed by atoms with Crippen molar-refractivity contribution in [3.8, 4) is 0 Å². The molecular formula is C16H22N4O6S. The van der Waals surface area contributed by atoms with Crippen LogP contribution in [0.4, 0.5) is 0 Å². The highest BCUT2D eigenvalue weighted by molar-refractivity contribution is 7.91. The molecule has 0 radical (unpaired) electrons. The fourth-order valence-electron chi connectivity index (χ4n) is 3.02. The van der Waals surface area contributed by atoms with E-state index in [4.69, 9.17) is 0 Å². The van der Waals surface area contributed by atoms with E-state index >= 15 is 0 Å². The van der Waals surface area contributed by atoms with E-state index in [9.17, 15) is 27.6 Å². The number of hydrogen-bond acceptors (Lipinski definition) is 6. The first kappa shape index (κ1) is 20.6. The van der Waals surface area contributed by atoms with Crippen molar-refractivity contribution in [2.75, 3.05) is 11.5 Å². The smallest absolute Gasteiger partial charge is 0.337 e. The Balaban J connectivity index is 2.40. The molecule has 0 unspecified atom stereocenters. The summed E-state index contributed by atoms with van der Waals surface area (Å²) in [6, 6.07) is 0. The van der Waals surface area contributed by atoms with Gasteiger partial charge in [0.1, 0.15) is 6.54 Å². The fourth-order valence-corrected chi connectivity index (χ4v) is 5.11. The van der Waals surface area contributed by atoms with Gasteiger partial charge in [-0.1, -0.05) is 12.2 Å².